The lowest BCUT2D eigenvalue weighted by Gasteiger charge is -2.08. The SMILES string of the molecule is Cc1c(N=C(N)N)cccc1-c1ccc(-c2cccc(N=C(N)N)c2C)o1. The average Bonchev–Trinajstić information content (AvgIpc) is 3.07. The number of aliphatic imine (C=N–C) groups is 2. The molecule has 2 aromatic carbocycles. The quantitative estimate of drug-likeness (QED) is 0.417. The fourth-order valence-corrected chi connectivity index (χ4v) is 2.93. The molecule has 0 saturated heterocycles. The average molecular weight is 362 g/mol. The number of rotatable bonds is 4. The molecule has 1 aromatic heterocycles. The van der Waals surface area contributed by atoms with E-state index in [4.69, 9.17) is 27.4 Å². The molecule has 0 atom stereocenters. The van der Waals surface area contributed by atoms with E-state index in [1.54, 1.807) is 0 Å². The predicted molar refractivity (Wildman–Crippen MR) is 110 cm³/mol. The third-order valence-electron chi connectivity index (χ3n) is 4.25. The van der Waals surface area contributed by atoms with Crippen LogP contribution >= 0.6 is 0 Å². The highest BCUT2D eigenvalue weighted by atomic mass is 16.3. The molecule has 0 fully saturated rings. The molecule has 7 heteroatoms. The van der Waals surface area contributed by atoms with Crippen LogP contribution in [0, 0.1) is 13.8 Å². The van der Waals surface area contributed by atoms with E-state index < -0.39 is 0 Å². The molecular formula is C20H22N6O. The third kappa shape index (κ3) is 3.77. The summed E-state index contributed by atoms with van der Waals surface area (Å²) in [6.45, 7) is 3.90. The van der Waals surface area contributed by atoms with Crippen molar-refractivity contribution in [3.63, 3.8) is 0 Å². The van der Waals surface area contributed by atoms with Gasteiger partial charge in [0.15, 0.2) is 11.9 Å². The standard InChI is InChI=1S/C20H22N6O/c1-11-13(5-3-7-15(11)25-19(21)22)17-9-10-18(27-17)14-6-4-8-16(12(14)2)26-20(23)24/h3-10H,1-2H3,(H4,21,22,25)(H4,23,24,26). The Hall–Kier alpha value is -3.74. The van der Waals surface area contributed by atoms with Crippen LogP contribution in [-0.4, -0.2) is 11.9 Å². The van der Waals surface area contributed by atoms with Crippen molar-refractivity contribution >= 4 is 23.3 Å². The Morgan fingerprint density at radius 1 is 0.667 bits per heavy atom. The minimum Gasteiger partial charge on any atom is -0.456 e. The lowest BCUT2D eigenvalue weighted by Crippen LogP contribution is -2.22. The molecule has 0 aliphatic carbocycles. The maximum Gasteiger partial charge on any atom is 0.191 e. The second-order valence-electron chi connectivity index (χ2n) is 6.14. The highest BCUT2D eigenvalue weighted by Crippen LogP contribution is 2.36. The molecule has 27 heavy (non-hydrogen) atoms. The first kappa shape index (κ1) is 18.1. The van der Waals surface area contributed by atoms with Gasteiger partial charge in [-0.1, -0.05) is 24.3 Å². The topological polar surface area (TPSA) is 142 Å². The first-order valence-corrected chi connectivity index (χ1v) is 8.36. The number of furan rings is 1. The third-order valence-corrected chi connectivity index (χ3v) is 4.25. The van der Waals surface area contributed by atoms with E-state index in [0.29, 0.717) is 11.4 Å². The molecular weight excluding hydrogens is 340 g/mol. The van der Waals surface area contributed by atoms with Crippen LogP contribution < -0.4 is 22.9 Å². The van der Waals surface area contributed by atoms with Crippen LogP contribution in [0.15, 0.2) is 62.9 Å². The highest BCUT2D eigenvalue weighted by molar-refractivity contribution is 5.82. The van der Waals surface area contributed by atoms with Gasteiger partial charge in [0.25, 0.3) is 0 Å². The van der Waals surface area contributed by atoms with Gasteiger partial charge in [0.05, 0.1) is 11.4 Å². The van der Waals surface area contributed by atoms with E-state index in [1.165, 1.54) is 0 Å². The van der Waals surface area contributed by atoms with Gasteiger partial charge in [-0.2, -0.15) is 0 Å². The van der Waals surface area contributed by atoms with Gasteiger partial charge in [-0.05, 0) is 49.2 Å². The van der Waals surface area contributed by atoms with Crippen molar-refractivity contribution in [1.82, 2.24) is 0 Å². The Labute approximate surface area is 157 Å². The fourth-order valence-electron chi connectivity index (χ4n) is 2.93. The molecule has 3 aromatic rings. The van der Waals surface area contributed by atoms with Crippen LogP contribution in [0.1, 0.15) is 11.1 Å². The van der Waals surface area contributed by atoms with Crippen LogP contribution in [0.25, 0.3) is 22.6 Å². The number of guanidine groups is 2. The van der Waals surface area contributed by atoms with Crippen LogP contribution in [0.2, 0.25) is 0 Å². The van der Waals surface area contributed by atoms with Gasteiger partial charge in [0, 0.05) is 11.1 Å². The second-order valence-corrected chi connectivity index (χ2v) is 6.14. The Morgan fingerprint density at radius 3 is 1.44 bits per heavy atom. The van der Waals surface area contributed by atoms with Gasteiger partial charge in [0.1, 0.15) is 11.5 Å². The van der Waals surface area contributed by atoms with Gasteiger partial charge in [-0.15, -0.1) is 0 Å². The van der Waals surface area contributed by atoms with E-state index in [2.05, 4.69) is 9.98 Å². The Morgan fingerprint density at radius 2 is 1.07 bits per heavy atom. The summed E-state index contributed by atoms with van der Waals surface area (Å²) in [5, 5.41) is 0. The zero-order valence-corrected chi connectivity index (χ0v) is 15.2. The first-order chi connectivity index (χ1) is 12.9. The Bertz CT molecular complexity index is 958. The van der Waals surface area contributed by atoms with Gasteiger partial charge < -0.3 is 27.4 Å². The van der Waals surface area contributed by atoms with E-state index in [-0.39, 0.29) is 11.9 Å². The molecule has 138 valence electrons. The number of hydrogen-bond donors (Lipinski definition) is 4. The van der Waals surface area contributed by atoms with Gasteiger partial charge >= 0.3 is 0 Å². The zero-order chi connectivity index (χ0) is 19.6. The summed E-state index contributed by atoms with van der Waals surface area (Å²) in [4.78, 5) is 8.31. The predicted octanol–water partition coefficient (Wildman–Crippen LogP) is 3.04. The molecule has 0 unspecified atom stereocenters. The number of nitrogens with two attached hydrogens (primary N) is 4. The van der Waals surface area contributed by atoms with Crippen molar-refractivity contribution in [2.75, 3.05) is 0 Å². The van der Waals surface area contributed by atoms with Gasteiger partial charge in [0.2, 0.25) is 0 Å². The van der Waals surface area contributed by atoms with Crippen molar-refractivity contribution in [2.24, 2.45) is 32.9 Å². The molecule has 7 nitrogen and oxygen atoms in total. The maximum absolute atomic E-state index is 6.12. The summed E-state index contributed by atoms with van der Waals surface area (Å²) in [6, 6.07) is 15.2. The molecule has 0 spiro atoms. The van der Waals surface area contributed by atoms with E-state index in [0.717, 1.165) is 33.8 Å². The molecule has 0 radical (unpaired) electrons. The van der Waals surface area contributed by atoms with Crippen LogP contribution in [0.5, 0.6) is 0 Å². The van der Waals surface area contributed by atoms with Crippen LogP contribution in [0.4, 0.5) is 11.4 Å². The first-order valence-electron chi connectivity index (χ1n) is 8.36. The molecule has 0 aliphatic heterocycles. The van der Waals surface area contributed by atoms with Crippen LogP contribution in [0.3, 0.4) is 0 Å². The number of benzene rings is 2. The van der Waals surface area contributed by atoms with E-state index >= 15 is 0 Å². The van der Waals surface area contributed by atoms with Crippen molar-refractivity contribution in [2.45, 2.75) is 13.8 Å². The van der Waals surface area contributed by atoms with Crippen LogP contribution in [-0.2, 0) is 0 Å². The summed E-state index contributed by atoms with van der Waals surface area (Å²) in [6.07, 6.45) is 0. The number of hydrogen-bond acceptors (Lipinski definition) is 3. The van der Waals surface area contributed by atoms with Crippen molar-refractivity contribution in [3.05, 3.63) is 59.7 Å². The Kier molecular flexibility index (Phi) is 4.85. The Balaban J connectivity index is 2.05. The fraction of sp³-hybridized carbons (Fsp3) is 0.100. The lowest BCUT2D eigenvalue weighted by molar-refractivity contribution is 0.596. The molecule has 8 N–H and O–H groups in total. The smallest absolute Gasteiger partial charge is 0.191 e. The minimum absolute atomic E-state index is 0.0163. The van der Waals surface area contributed by atoms with Crippen molar-refractivity contribution in [1.29, 1.82) is 0 Å². The molecule has 0 amide bonds. The molecule has 3 rings (SSSR count). The van der Waals surface area contributed by atoms with Crippen molar-refractivity contribution in [3.8, 4) is 22.6 Å². The minimum atomic E-state index is 0.0163. The largest absolute Gasteiger partial charge is 0.456 e. The van der Waals surface area contributed by atoms with E-state index in [1.807, 2.05) is 62.4 Å². The summed E-state index contributed by atoms with van der Waals surface area (Å²) in [5.74, 6) is 1.48. The number of nitrogens with zero attached hydrogens (tertiary/aromatic N) is 2. The zero-order valence-electron chi connectivity index (χ0n) is 15.2. The lowest BCUT2D eigenvalue weighted by atomic mass is 10.0. The molecule has 0 bridgehead atoms. The summed E-state index contributed by atoms with van der Waals surface area (Å²) in [5.41, 5.74) is 27.1. The van der Waals surface area contributed by atoms with Gasteiger partial charge in [-0.25, -0.2) is 9.98 Å². The molecule has 0 aliphatic rings. The second kappa shape index (κ2) is 7.25. The monoisotopic (exact) mass is 362 g/mol. The summed E-state index contributed by atoms with van der Waals surface area (Å²) in [7, 11) is 0. The molecule has 1 heterocycles. The summed E-state index contributed by atoms with van der Waals surface area (Å²) < 4.78 is 6.12. The van der Waals surface area contributed by atoms with Gasteiger partial charge in [-0.3, -0.25) is 0 Å². The van der Waals surface area contributed by atoms with Crippen molar-refractivity contribution < 1.29 is 4.42 Å². The highest BCUT2D eigenvalue weighted by Gasteiger charge is 2.13. The normalized spacial score (nSPS) is 10.4. The summed E-state index contributed by atoms with van der Waals surface area (Å²) >= 11 is 0. The maximum atomic E-state index is 6.12. The molecule has 0 saturated carbocycles. The van der Waals surface area contributed by atoms with E-state index in [9.17, 15) is 0 Å².